The van der Waals surface area contributed by atoms with Crippen LogP contribution >= 0.6 is 0 Å². The first-order valence-electron chi connectivity index (χ1n) is 3.45. The molecule has 0 fully saturated rings. The van der Waals surface area contributed by atoms with Crippen LogP contribution in [0.2, 0.25) is 0 Å². The van der Waals surface area contributed by atoms with E-state index in [0.717, 1.165) is 0 Å². The van der Waals surface area contributed by atoms with E-state index >= 15 is 0 Å². The Balaban J connectivity index is 0. The average molecular weight is 187 g/mol. The van der Waals surface area contributed by atoms with Crippen molar-refractivity contribution in [3.05, 3.63) is 5.32 Å². The van der Waals surface area contributed by atoms with Crippen LogP contribution in [0.15, 0.2) is 0 Å². The molecule has 0 atom stereocenters. The summed E-state index contributed by atoms with van der Waals surface area (Å²) in [6.07, 6.45) is 0. The minimum atomic E-state index is 0. The fourth-order valence-corrected chi connectivity index (χ4v) is 1.01. The van der Waals surface area contributed by atoms with E-state index in [2.05, 4.69) is 46.9 Å². The predicted octanol–water partition coefficient (Wildman–Crippen LogP) is 2.95. The second-order valence-electron chi connectivity index (χ2n) is 4.45. The van der Waals surface area contributed by atoms with Crippen molar-refractivity contribution in [3.8, 4) is 0 Å². The Labute approximate surface area is 74.9 Å². The third-order valence-corrected chi connectivity index (χ3v) is 0.671. The molecule has 0 amide bonds. The monoisotopic (exact) mass is 186 g/mol. The quantitative estimate of drug-likeness (QED) is 0.517. The standard InChI is InChI=1S/C8H18N.Ni/c1-7(2,3)9-8(4,5)6;/h1-6H3;/q-1;. The van der Waals surface area contributed by atoms with Crippen molar-refractivity contribution in [3.63, 3.8) is 0 Å². The van der Waals surface area contributed by atoms with Crippen molar-refractivity contribution in [2.24, 2.45) is 0 Å². The van der Waals surface area contributed by atoms with Gasteiger partial charge in [0.2, 0.25) is 0 Å². The van der Waals surface area contributed by atoms with Crippen LogP contribution in [0.4, 0.5) is 0 Å². The van der Waals surface area contributed by atoms with Crippen LogP contribution in [0.25, 0.3) is 5.32 Å². The van der Waals surface area contributed by atoms with Crippen molar-refractivity contribution >= 4 is 0 Å². The number of nitrogens with zero attached hydrogens (tertiary/aromatic N) is 1. The van der Waals surface area contributed by atoms with E-state index in [9.17, 15) is 0 Å². The minimum absolute atomic E-state index is 0. The van der Waals surface area contributed by atoms with Gasteiger partial charge in [-0.2, -0.15) is 0 Å². The predicted molar refractivity (Wildman–Crippen MR) is 42.9 cm³/mol. The molecule has 0 aromatic carbocycles. The van der Waals surface area contributed by atoms with Gasteiger partial charge in [-0.1, -0.05) is 41.5 Å². The Bertz CT molecular complexity index is 74.4. The molecule has 0 radical (unpaired) electrons. The molecule has 0 rings (SSSR count). The van der Waals surface area contributed by atoms with Gasteiger partial charge in [-0.25, -0.2) is 0 Å². The van der Waals surface area contributed by atoms with Gasteiger partial charge < -0.3 is 5.32 Å². The zero-order valence-electron chi connectivity index (χ0n) is 7.76. The van der Waals surface area contributed by atoms with Gasteiger partial charge in [0.25, 0.3) is 0 Å². The van der Waals surface area contributed by atoms with Crippen molar-refractivity contribution in [1.29, 1.82) is 0 Å². The Kier molecular flexibility index (Phi) is 4.88. The van der Waals surface area contributed by atoms with E-state index < -0.39 is 0 Å². The van der Waals surface area contributed by atoms with Gasteiger partial charge in [-0.15, -0.1) is 11.1 Å². The fraction of sp³-hybridized carbons (Fsp3) is 1.00. The summed E-state index contributed by atoms with van der Waals surface area (Å²) in [4.78, 5) is 0. The van der Waals surface area contributed by atoms with Gasteiger partial charge in [0.1, 0.15) is 0 Å². The van der Waals surface area contributed by atoms with E-state index in [1.807, 2.05) is 0 Å². The van der Waals surface area contributed by atoms with Crippen LogP contribution < -0.4 is 0 Å². The van der Waals surface area contributed by atoms with E-state index in [0.29, 0.717) is 0 Å². The smallest absolute Gasteiger partial charge is 0 e. The fourth-order valence-electron chi connectivity index (χ4n) is 1.01. The van der Waals surface area contributed by atoms with Gasteiger partial charge >= 0.3 is 0 Å². The van der Waals surface area contributed by atoms with Gasteiger partial charge in [0.05, 0.1) is 0 Å². The normalized spacial score (nSPS) is 12.6. The molecule has 0 aromatic rings. The van der Waals surface area contributed by atoms with Crippen molar-refractivity contribution in [1.82, 2.24) is 0 Å². The summed E-state index contributed by atoms with van der Waals surface area (Å²) in [5.74, 6) is 0. The van der Waals surface area contributed by atoms with Crippen LogP contribution in [-0.4, -0.2) is 11.1 Å². The maximum Gasteiger partial charge on any atom is 0 e. The summed E-state index contributed by atoms with van der Waals surface area (Å²) >= 11 is 0. The molecule has 0 unspecified atom stereocenters. The number of hydrogen-bond acceptors (Lipinski definition) is 0. The maximum atomic E-state index is 4.54. The number of hydrogen-bond donors (Lipinski definition) is 0. The Hall–Kier alpha value is 0.454. The molecule has 0 aliphatic carbocycles. The van der Waals surface area contributed by atoms with Gasteiger partial charge in [0.15, 0.2) is 0 Å². The molecule has 0 aliphatic rings. The first-order valence-corrected chi connectivity index (χ1v) is 3.45. The zero-order chi connectivity index (χ0) is 7.71. The van der Waals surface area contributed by atoms with E-state index in [1.54, 1.807) is 0 Å². The Morgan fingerprint density at radius 2 is 0.900 bits per heavy atom. The molecule has 10 heavy (non-hydrogen) atoms. The molecule has 0 saturated heterocycles. The molecular formula is C8H18NNi-. The summed E-state index contributed by atoms with van der Waals surface area (Å²) in [5, 5.41) is 4.54. The summed E-state index contributed by atoms with van der Waals surface area (Å²) in [6, 6.07) is 0. The van der Waals surface area contributed by atoms with Crippen molar-refractivity contribution in [2.75, 3.05) is 0 Å². The molecule has 0 N–H and O–H groups in total. The van der Waals surface area contributed by atoms with Gasteiger partial charge in [0, 0.05) is 16.5 Å². The van der Waals surface area contributed by atoms with Gasteiger partial charge in [-0.3, -0.25) is 0 Å². The first-order chi connectivity index (χ1) is 3.71. The second kappa shape index (κ2) is 3.73. The molecule has 0 spiro atoms. The van der Waals surface area contributed by atoms with Crippen LogP contribution in [-0.2, 0) is 16.5 Å². The molecule has 0 heterocycles. The first kappa shape index (κ1) is 13.1. The van der Waals surface area contributed by atoms with Crippen LogP contribution in [0.1, 0.15) is 41.5 Å². The summed E-state index contributed by atoms with van der Waals surface area (Å²) < 4.78 is 0. The summed E-state index contributed by atoms with van der Waals surface area (Å²) in [7, 11) is 0. The average Bonchev–Trinajstić information content (AvgIpc) is 1.14. The molecular weight excluding hydrogens is 169 g/mol. The van der Waals surface area contributed by atoms with E-state index in [-0.39, 0.29) is 27.6 Å². The number of rotatable bonds is 0. The zero-order valence-corrected chi connectivity index (χ0v) is 8.75. The van der Waals surface area contributed by atoms with Crippen LogP contribution in [0, 0.1) is 0 Å². The van der Waals surface area contributed by atoms with Crippen LogP contribution in [0.5, 0.6) is 0 Å². The van der Waals surface area contributed by atoms with Crippen LogP contribution in [0.3, 0.4) is 0 Å². The third kappa shape index (κ3) is 11.3. The van der Waals surface area contributed by atoms with Crippen molar-refractivity contribution < 1.29 is 16.5 Å². The second-order valence-corrected chi connectivity index (χ2v) is 4.45. The third-order valence-electron chi connectivity index (χ3n) is 0.671. The molecule has 0 aromatic heterocycles. The summed E-state index contributed by atoms with van der Waals surface area (Å²) in [6.45, 7) is 12.7. The Morgan fingerprint density at radius 3 is 0.900 bits per heavy atom. The Morgan fingerprint density at radius 1 is 0.700 bits per heavy atom. The SMILES string of the molecule is CC(C)(C)[N-]C(C)(C)C.[Ni]. The molecule has 0 saturated carbocycles. The van der Waals surface area contributed by atoms with E-state index in [4.69, 9.17) is 0 Å². The topological polar surface area (TPSA) is 14.1 Å². The molecule has 1 nitrogen and oxygen atoms in total. The largest absolute Gasteiger partial charge is 0.653 e. The molecule has 0 bridgehead atoms. The van der Waals surface area contributed by atoms with E-state index in [1.165, 1.54) is 0 Å². The molecule has 2 heteroatoms. The van der Waals surface area contributed by atoms with Crippen molar-refractivity contribution in [2.45, 2.75) is 52.6 Å². The maximum absolute atomic E-state index is 4.54. The molecule has 66 valence electrons. The van der Waals surface area contributed by atoms with Gasteiger partial charge in [-0.05, 0) is 0 Å². The summed E-state index contributed by atoms with van der Waals surface area (Å²) in [5.41, 5.74) is 0.219. The molecule has 0 aliphatic heterocycles. The minimum Gasteiger partial charge on any atom is -0.653 e.